The number of hydrogen-bond donors (Lipinski definition) is 0. The molecular formula is C23H14F3N3O4S. The van der Waals surface area contributed by atoms with Gasteiger partial charge in [-0.05, 0) is 36.4 Å². The summed E-state index contributed by atoms with van der Waals surface area (Å²) in [5.41, 5.74) is 0.0793. The van der Waals surface area contributed by atoms with Gasteiger partial charge in [-0.25, -0.2) is 30.5 Å². The number of carbonyl (C=O) groups is 2. The number of nitrogens with zero attached hydrogens (tertiary/aromatic N) is 3. The molecule has 0 fully saturated rings. The van der Waals surface area contributed by atoms with Crippen LogP contribution in [0.5, 0.6) is 0 Å². The maximum Gasteiger partial charge on any atom is 0.269 e. The van der Waals surface area contributed by atoms with Crippen molar-refractivity contribution in [1.82, 2.24) is 13.9 Å². The van der Waals surface area contributed by atoms with Crippen molar-refractivity contribution in [3.8, 4) is 0 Å². The monoisotopic (exact) mass is 485 g/mol. The Morgan fingerprint density at radius 3 is 2.03 bits per heavy atom. The highest BCUT2D eigenvalue weighted by Gasteiger charge is 2.35. The van der Waals surface area contributed by atoms with Crippen LogP contribution in [0.4, 0.5) is 13.2 Å². The van der Waals surface area contributed by atoms with E-state index in [1.54, 1.807) is 12.1 Å². The lowest BCUT2D eigenvalue weighted by atomic mass is 10.1. The van der Waals surface area contributed by atoms with Crippen LogP contribution in [-0.2, 0) is 16.4 Å². The molecule has 5 rings (SSSR count). The summed E-state index contributed by atoms with van der Waals surface area (Å²) in [6.07, 6.45) is -0.218. The van der Waals surface area contributed by atoms with Crippen LogP contribution in [0.1, 0.15) is 26.5 Å². The van der Waals surface area contributed by atoms with Gasteiger partial charge in [-0.3, -0.25) is 14.5 Å². The third-order valence-electron chi connectivity index (χ3n) is 5.51. The number of fused-ring (bicyclic) bond motifs is 2. The Hall–Kier alpha value is -3.99. The normalized spacial score (nSPS) is 13.7. The Balaban J connectivity index is 1.58. The molecular weight excluding hydrogens is 471 g/mol. The highest BCUT2D eigenvalue weighted by molar-refractivity contribution is 7.90. The Labute approximate surface area is 191 Å². The van der Waals surface area contributed by atoms with Gasteiger partial charge < -0.3 is 0 Å². The lowest BCUT2D eigenvalue weighted by molar-refractivity contribution is 0.0655. The van der Waals surface area contributed by atoms with Gasteiger partial charge in [0, 0.05) is 25.1 Å². The van der Waals surface area contributed by atoms with E-state index >= 15 is 0 Å². The third kappa shape index (κ3) is 3.36. The fourth-order valence-corrected chi connectivity index (χ4v) is 5.40. The fraction of sp³-hybridized carbons (Fsp3) is 0.0870. The highest BCUT2D eigenvalue weighted by atomic mass is 32.2. The van der Waals surface area contributed by atoms with E-state index in [4.69, 9.17) is 0 Å². The van der Waals surface area contributed by atoms with Gasteiger partial charge in [0.2, 0.25) is 0 Å². The quantitative estimate of drug-likeness (QED) is 0.404. The predicted molar refractivity (Wildman–Crippen MR) is 114 cm³/mol. The van der Waals surface area contributed by atoms with Crippen molar-refractivity contribution in [1.29, 1.82) is 0 Å². The van der Waals surface area contributed by atoms with E-state index in [2.05, 4.69) is 4.98 Å². The first-order valence-corrected chi connectivity index (χ1v) is 11.5. The molecule has 1 aliphatic rings. The first-order chi connectivity index (χ1) is 16.2. The van der Waals surface area contributed by atoms with Crippen molar-refractivity contribution >= 4 is 32.9 Å². The van der Waals surface area contributed by atoms with Crippen LogP contribution in [0.3, 0.4) is 0 Å². The number of aromatic nitrogens is 2. The average molecular weight is 485 g/mol. The molecule has 1 aliphatic heterocycles. The van der Waals surface area contributed by atoms with Gasteiger partial charge in [-0.2, -0.15) is 0 Å². The molecule has 0 unspecified atom stereocenters. The average Bonchev–Trinajstić information content (AvgIpc) is 3.28. The van der Waals surface area contributed by atoms with Crippen LogP contribution < -0.4 is 0 Å². The molecule has 0 bridgehead atoms. The molecule has 172 valence electrons. The van der Waals surface area contributed by atoms with E-state index in [0.29, 0.717) is 6.07 Å². The smallest absolute Gasteiger partial charge is 0.269 e. The SMILES string of the molecule is O=C1c2ccccc2C(=O)N1CCc1nc2cc(F)c(F)cc2n1S(=O)(=O)c1ccc(F)cc1. The third-order valence-corrected chi connectivity index (χ3v) is 7.27. The van der Waals surface area contributed by atoms with Gasteiger partial charge in [0.05, 0.1) is 27.1 Å². The van der Waals surface area contributed by atoms with Crippen molar-refractivity contribution in [2.45, 2.75) is 11.3 Å². The molecule has 11 heteroatoms. The van der Waals surface area contributed by atoms with Crippen molar-refractivity contribution in [3.63, 3.8) is 0 Å². The predicted octanol–water partition coefficient (Wildman–Crippen LogP) is 3.53. The lowest BCUT2D eigenvalue weighted by Crippen LogP contribution is -2.32. The topological polar surface area (TPSA) is 89.3 Å². The van der Waals surface area contributed by atoms with Crippen molar-refractivity contribution in [2.24, 2.45) is 0 Å². The second-order valence-electron chi connectivity index (χ2n) is 7.56. The molecule has 0 saturated heterocycles. The summed E-state index contributed by atoms with van der Waals surface area (Å²) < 4.78 is 68.7. The van der Waals surface area contributed by atoms with Crippen LogP contribution in [-0.4, -0.2) is 40.6 Å². The minimum Gasteiger partial charge on any atom is -0.274 e. The Kier molecular flexibility index (Phi) is 5.01. The number of rotatable bonds is 5. The van der Waals surface area contributed by atoms with Gasteiger partial charge in [0.1, 0.15) is 11.6 Å². The maximum atomic E-state index is 14.0. The van der Waals surface area contributed by atoms with Crippen LogP contribution in [0.2, 0.25) is 0 Å². The zero-order chi connectivity index (χ0) is 24.2. The Bertz CT molecular complexity index is 1560. The molecule has 0 aliphatic carbocycles. The summed E-state index contributed by atoms with van der Waals surface area (Å²) in [6, 6.07) is 11.7. The first-order valence-electron chi connectivity index (χ1n) is 10.0. The molecule has 0 radical (unpaired) electrons. The minimum absolute atomic E-state index is 0.137. The summed E-state index contributed by atoms with van der Waals surface area (Å²) in [5.74, 6) is -4.39. The van der Waals surface area contributed by atoms with E-state index < -0.39 is 39.3 Å². The molecule has 0 atom stereocenters. The van der Waals surface area contributed by atoms with Gasteiger partial charge in [0.15, 0.2) is 11.6 Å². The van der Waals surface area contributed by atoms with Crippen molar-refractivity contribution in [3.05, 3.63) is 95.1 Å². The van der Waals surface area contributed by atoms with E-state index in [9.17, 15) is 31.2 Å². The van der Waals surface area contributed by atoms with E-state index in [1.165, 1.54) is 12.1 Å². The first kappa shape index (κ1) is 21.8. The lowest BCUT2D eigenvalue weighted by Gasteiger charge is -2.15. The van der Waals surface area contributed by atoms with Crippen LogP contribution in [0, 0.1) is 17.5 Å². The van der Waals surface area contributed by atoms with Crippen LogP contribution >= 0.6 is 0 Å². The molecule has 7 nitrogen and oxygen atoms in total. The maximum absolute atomic E-state index is 14.0. The second-order valence-corrected chi connectivity index (χ2v) is 9.35. The highest BCUT2D eigenvalue weighted by Crippen LogP contribution is 2.27. The fourth-order valence-electron chi connectivity index (χ4n) is 3.89. The van der Waals surface area contributed by atoms with E-state index in [0.717, 1.165) is 39.2 Å². The number of hydrogen-bond acceptors (Lipinski definition) is 5. The van der Waals surface area contributed by atoms with Gasteiger partial charge >= 0.3 is 0 Å². The number of carbonyl (C=O) groups excluding carboxylic acids is 2. The molecule has 2 heterocycles. The Morgan fingerprint density at radius 2 is 1.41 bits per heavy atom. The molecule has 34 heavy (non-hydrogen) atoms. The van der Waals surface area contributed by atoms with Gasteiger partial charge in [-0.1, -0.05) is 12.1 Å². The Morgan fingerprint density at radius 1 is 0.824 bits per heavy atom. The van der Waals surface area contributed by atoms with Crippen LogP contribution in [0.25, 0.3) is 11.0 Å². The molecule has 4 aromatic rings. The molecule has 0 saturated carbocycles. The number of amides is 2. The zero-order valence-electron chi connectivity index (χ0n) is 17.2. The molecule has 0 N–H and O–H groups in total. The summed E-state index contributed by atoms with van der Waals surface area (Å²) in [5, 5.41) is 0. The summed E-state index contributed by atoms with van der Waals surface area (Å²) in [7, 11) is -4.42. The number of benzene rings is 3. The molecule has 0 spiro atoms. The number of imide groups is 1. The summed E-state index contributed by atoms with van der Waals surface area (Å²) in [4.78, 5) is 30.1. The van der Waals surface area contributed by atoms with Crippen molar-refractivity contribution < 1.29 is 31.2 Å². The minimum atomic E-state index is -4.42. The summed E-state index contributed by atoms with van der Waals surface area (Å²) >= 11 is 0. The van der Waals surface area contributed by atoms with E-state index in [-0.39, 0.29) is 45.8 Å². The zero-order valence-corrected chi connectivity index (χ0v) is 18.0. The number of imidazole rings is 1. The van der Waals surface area contributed by atoms with Gasteiger partial charge in [-0.15, -0.1) is 0 Å². The molecule has 3 aromatic carbocycles. The number of halogens is 3. The largest absolute Gasteiger partial charge is 0.274 e. The van der Waals surface area contributed by atoms with Crippen molar-refractivity contribution in [2.75, 3.05) is 6.54 Å². The van der Waals surface area contributed by atoms with Crippen LogP contribution in [0.15, 0.2) is 65.6 Å². The molecule has 1 aromatic heterocycles. The standard InChI is InChI=1S/C23H14F3N3O4S/c24-13-5-7-14(8-6-13)34(32,33)29-20-12-18(26)17(25)11-19(20)27-21(29)9-10-28-22(30)15-3-1-2-4-16(15)23(28)31/h1-8,11-12H,9-10H2. The van der Waals surface area contributed by atoms with E-state index in [1.807, 2.05) is 0 Å². The second kappa shape index (κ2) is 7.80. The summed E-state index contributed by atoms with van der Waals surface area (Å²) in [6.45, 7) is -0.223. The van der Waals surface area contributed by atoms with Gasteiger partial charge in [0.25, 0.3) is 21.8 Å². The molecule has 2 amide bonds.